The van der Waals surface area contributed by atoms with Gasteiger partial charge in [-0.1, -0.05) is 34.1 Å². The fourth-order valence-electron chi connectivity index (χ4n) is 1.90. The van der Waals surface area contributed by atoms with E-state index in [1.54, 1.807) is 0 Å². The molecule has 80 valence electrons. The molecule has 1 N–H and O–H groups in total. The molecule has 13 heavy (non-hydrogen) atoms. The molecule has 1 heteroatoms. The highest BCUT2D eigenvalue weighted by Crippen LogP contribution is 2.23. The SMILES string of the molecule is CNC(C)C(CCC(C)C)C(C)C. The molecule has 1 nitrogen and oxygen atoms in total. The average molecular weight is 185 g/mol. The summed E-state index contributed by atoms with van der Waals surface area (Å²) in [4.78, 5) is 0. The van der Waals surface area contributed by atoms with E-state index in [-0.39, 0.29) is 0 Å². The second kappa shape index (κ2) is 6.42. The lowest BCUT2D eigenvalue weighted by Crippen LogP contribution is -2.33. The van der Waals surface area contributed by atoms with Gasteiger partial charge >= 0.3 is 0 Å². The van der Waals surface area contributed by atoms with E-state index < -0.39 is 0 Å². The minimum Gasteiger partial charge on any atom is -0.317 e. The van der Waals surface area contributed by atoms with E-state index >= 15 is 0 Å². The lowest BCUT2D eigenvalue weighted by Gasteiger charge is -2.27. The summed E-state index contributed by atoms with van der Waals surface area (Å²) >= 11 is 0. The van der Waals surface area contributed by atoms with Crippen LogP contribution in [0.1, 0.15) is 47.5 Å². The van der Waals surface area contributed by atoms with Gasteiger partial charge in [-0.3, -0.25) is 0 Å². The Bertz CT molecular complexity index is 118. The van der Waals surface area contributed by atoms with E-state index in [0.29, 0.717) is 6.04 Å². The van der Waals surface area contributed by atoms with Crippen molar-refractivity contribution in [2.24, 2.45) is 17.8 Å². The van der Waals surface area contributed by atoms with Crippen LogP contribution in [0.3, 0.4) is 0 Å². The van der Waals surface area contributed by atoms with Gasteiger partial charge in [0.05, 0.1) is 0 Å². The van der Waals surface area contributed by atoms with Crippen molar-refractivity contribution in [3.05, 3.63) is 0 Å². The maximum absolute atomic E-state index is 3.37. The highest BCUT2D eigenvalue weighted by molar-refractivity contribution is 4.74. The standard InChI is InChI=1S/C12H27N/c1-9(2)7-8-12(10(3)4)11(5)13-6/h9-13H,7-8H2,1-6H3. The minimum atomic E-state index is 0.652. The summed E-state index contributed by atoms with van der Waals surface area (Å²) in [6, 6.07) is 0.652. The molecule has 0 saturated carbocycles. The van der Waals surface area contributed by atoms with E-state index in [0.717, 1.165) is 17.8 Å². The molecule has 0 aliphatic carbocycles. The summed E-state index contributed by atoms with van der Waals surface area (Å²) in [5.41, 5.74) is 0. The Morgan fingerprint density at radius 2 is 1.46 bits per heavy atom. The van der Waals surface area contributed by atoms with Gasteiger partial charge in [0.2, 0.25) is 0 Å². The quantitative estimate of drug-likeness (QED) is 0.669. The summed E-state index contributed by atoms with van der Waals surface area (Å²) in [5, 5.41) is 3.37. The number of hydrogen-bond acceptors (Lipinski definition) is 1. The summed E-state index contributed by atoms with van der Waals surface area (Å²) < 4.78 is 0. The molecule has 0 radical (unpaired) electrons. The molecule has 0 spiro atoms. The first-order chi connectivity index (χ1) is 5.99. The van der Waals surface area contributed by atoms with E-state index in [1.807, 2.05) is 0 Å². The normalized spacial score (nSPS) is 16.6. The third kappa shape index (κ3) is 5.30. The number of rotatable bonds is 6. The Kier molecular flexibility index (Phi) is 6.40. The third-order valence-electron chi connectivity index (χ3n) is 3.03. The van der Waals surface area contributed by atoms with Gasteiger partial charge in [-0.15, -0.1) is 0 Å². The summed E-state index contributed by atoms with van der Waals surface area (Å²) in [5.74, 6) is 2.46. The molecule has 0 rings (SSSR count). The lowest BCUT2D eigenvalue weighted by atomic mass is 9.84. The molecule has 2 atom stereocenters. The highest BCUT2D eigenvalue weighted by atomic mass is 14.9. The molecule has 0 aromatic heterocycles. The van der Waals surface area contributed by atoms with Crippen LogP contribution in [0.15, 0.2) is 0 Å². The second-order valence-corrected chi connectivity index (χ2v) is 4.96. The molecular formula is C12H27N. The summed E-state index contributed by atoms with van der Waals surface area (Å²) in [6.07, 6.45) is 2.71. The molecule has 0 aromatic rings. The zero-order valence-electron chi connectivity index (χ0n) is 10.2. The van der Waals surface area contributed by atoms with Crippen molar-refractivity contribution in [2.75, 3.05) is 7.05 Å². The van der Waals surface area contributed by atoms with Crippen LogP contribution in [-0.2, 0) is 0 Å². The van der Waals surface area contributed by atoms with Gasteiger partial charge < -0.3 is 5.32 Å². The first-order valence-corrected chi connectivity index (χ1v) is 5.66. The van der Waals surface area contributed by atoms with E-state index in [1.165, 1.54) is 12.8 Å². The third-order valence-corrected chi connectivity index (χ3v) is 3.03. The summed E-state index contributed by atoms with van der Waals surface area (Å²) in [6.45, 7) is 11.6. The van der Waals surface area contributed by atoms with Crippen molar-refractivity contribution < 1.29 is 0 Å². The van der Waals surface area contributed by atoms with E-state index in [9.17, 15) is 0 Å². The molecule has 0 bridgehead atoms. The van der Waals surface area contributed by atoms with Gasteiger partial charge in [0.15, 0.2) is 0 Å². The maximum atomic E-state index is 3.37. The predicted molar refractivity (Wildman–Crippen MR) is 60.9 cm³/mol. The van der Waals surface area contributed by atoms with Crippen molar-refractivity contribution in [1.29, 1.82) is 0 Å². The van der Waals surface area contributed by atoms with Crippen molar-refractivity contribution in [2.45, 2.75) is 53.5 Å². The van der Waals surface area contributed by atoms with Crippen LogP contribution in [0.25, 0.3) is 0 Å². The number of nitrogens with one attached hydrogen (secondary N) is 1. The fraction of sp³-hybridized carbons (Fsp3) is 1.00. The average Bonchev–Trinajstić information content (AvgIpc) is 2.03. The fourth-order valence-corrected chi connectivity index (χ4v) is 1.90. The first-order valence-electron chi connectivity index (χ1n) is 5.66. The van der Waals surface area contributed by atoms with Crippen molar-refractivity contribution in [3.63, 3.8) is 0 Å². The molecule has 0 saturated heterocycles. The Labute approximate surface area is 84.3 Å². The van der Waals surface area contributed by atoms with Crippen LogP contribution in [0.2, 0.25) is 0 Å². The van der Waals surface area contributed by atoms with Gasteiger partial charge in [-0.2, -0.15) is 0 Å². The van der Waals surface area contributed by atoms with Gasteiger partial charge in [-0.25, -0.2) is 0 Å². The second-order valence-electron chi connectivity index (χ2n) is 4.96. The number of hydrogen-bond donors (Lipinski definition) is 1. The smallest absolute Gasteiger partial charge is 0.00664 e. The predicted octanol–water partition coefficient (Wildman–Crippen LogP) is 3.30. The van der Waals surface area contributed by atoms with Gasteiger partial charge in [0, 0.05) is 6.04 Å². The van der Waals surface area contributed by atoms with Crippen LogP contribution in [-0.4, -0.2) is 13.1 Å². The van der Waals surface area contributed by atoms with Crippen LogP contribution in [0.5, 0.6) is 0 Å². The first kappa shape index (κ1) is 13.0. The molecule has 0 aliphatic heterocycles. The molecular weight excluding hydrogens is 158 g/mol. The molecule has 2 unspecified atom stereocenters. The van der Waals surface area contributed by atoms with Crippen LogP contribution < -0.4 is 5.32 Å². The molecule has 0 aliphatic rings. The zero-order chi connectivity index (χ0) is 10.4. The summed E-state index contributed by atoms with van der Waals surface area (Å²) in [7, 11) is 2.06. The van der Waals surface area contributed by atoms with Crippen LogP contribution in [0.4, 0.5) is 0 Å². The minimum absolute atomic E-state index is 0.652. The van der Waals surface area contributed by atoms with E-state index in [2.05, 4.69) is 47.0 Å². The largest absolute Gasteiger partial charge is 0.317 e. The Morgan fingerprint density at radius 1 is 0.923 bits per heavy atom. The van der Waals surface area contributed by atoms with Gasteiger partial charge in [0.25, 0.3) is 0 Å². The Hall–Kier alpha value is -0.0400. The van der Waals surface area contributed by atoms with Gasteiger partial charge in [-0.05, 0) is 38.1 Å². The molecule has 0 amide bonds. The molecule has 0 fully saturated rings. The van der Waals surface area contributed by atoms with Crippen LogP contribution in [0, 0.1) is 17.8 Å². The lowest BCUT2D eigenvalue weighted by molar-refractivity contribution is 0.266. The Balaban J connectivity index is 3.95. The van der Waals surface area contributed by atoms with E-state index in [4.69, 9.17) is 0 Å². The van der Waals surface area contributed by atoms with Crippen molar-refractivity contribution in [3.8, 4) is 0 Å². The van der Waals surface area contributed by atoms with Crippen molar-refractivity contribution in [1.82, 2.24) is 5.32 Å². The highest BCUT2D eigenvalue weighted by Gasteiger charge is 2.19. The zero-order valence-corrected chi connectivity index (χ0v) is 10.2. The molecule has 0 heterocycles. The maximum Gasteiger partial charge on any atom is 0.00664 e. The monoisotopic (exact) mass is 185 g/mol. The Morgan fingerprint density at radius 3 is 1.77 bits per heavy atom. The van der Waals surface area contributed by atoms with Crippen LogP contribution >= 0.6 is 0 Å². The molecule has 0 aromatic carbocycles. The van der Waals surface area contributed by atoms with Crippen molar-refractivity contribution >= 4 is 0 Å². The van der Waals surface area contributed by atoms with Gasteiger partial charge in [0.1, 0.15) is 0 Å². The topological polar surface area (TPSA) is 12.0 Å².